The minimum atomic E-state index is -0.0959. The molecule has 2 rings (SSSR count). The van der Waals surface area contributed by atoms with Gasteiger partial charge in [0.15, 0.2) is 5.82 Å². The highest BCUT2D eigenvalue weighted by molar-refractivity contribution is 4.93. The molecule has 2 N–H and O–H groups in total. The Labute approximate surface area is 88.7 Å². The molecule has 0 amide bonds. The molecule has 6 heteroatoms. The van der Waals surface area contributed by atoms with Crippen LogP contribution in [0.4, 0.5) is 0 Å². The molecule has 1 aliphatic heterocycles. The van der Waals surface area contributed by atoms with Crippen LogP contribution in [0, 0.1) is 5.41 Å². The SMILES string of the molecule is Cn1nnc(CC2(CO)CCCNC2)n1. The molecule has 1 fully saturated rings. The summed E-state index contributed by atoms with van der Waals surface area (Å²) in [6, 6.07) is 0. The van der Waals surface area contributed by atoms with Crippen molar-refractivity contribution in [1.29, 1.82) is 0 Å². The van der Waals surface area contributed by atoms with Gasteiger partial charge in [0.2, 0.25) is 0 Å². The van der Waals surface area contributed by atoms with Crippen LogP contribution in [0.25, 0.3) is 0 Å². The molecule has 1 aliphatic rings. The zero-order chi connectivity index (χ0) is 10.7. The van der Waals surface area contributed by atoms with Gasteiger partial charge in [-0.2, -0.15) is 4.80 Å². The zero-order valence-electron chi connectivity index (χ0n) is 8.98. The van der Waals surface area contributed by atoms with Crippen LogP contribution in [0.5, 0.6) is 0 Å². The molecule has 0 aromatic carbocycles. The van der Waals surface area contributed by atoms with E-state index in [9.17, 15) is 5.11 Å². The molecule has 0 bridgehead atoms. The summed E-state index contributed by atoms with van der Waals surface area (Å²) in [6.07, 6.45) is 2.82. The Bertz CT molecular complexity index is 318. The molecule has 1 atom stereocenters. The van der Waals surface area contributed by atoms with Crippen molar-refractivity contribution < 1.29 is 5.11 Å². The number of tetrazole rings is 1. The number of hydrogen-bond donors (Lipinski definition) is 2. The highest BCUT2D eigenvalue weighted by Crippen LogP contribution is 2.28. The number of aliphatic hydroxyl groups excluding tert-OH is 1. The van der Waals surface area contributed by atoms with Crippen LogP contribution in [0.3, 0.4) is 0 Å². The summed E-state index contributed by atoms with van der Waals surface area (Å²) >= 11 is 0. The molecule has 0 radical (unpaired) electrons. The van der Waals surface area contributed by atoms with E-state index in [-0.39, 0.29) is 12.0 Å². The maximum absolute atomic E-state index is 9.49. The molecule has 1 unspecified atom stereocenters. The second kappa shape index (κ2) is 4.24. The van der Waals surface area contributed by atoms with E-state index in [0.29, 0.717) is 6.42 Å². The van der Waals surface area contributed by atoms with E-state index >= 15 is 0 Å². The molecule has 0 saturated carbocycles. The zero-order valence-corrected chi connectivity index (χ0v) is 8.98. The standard InChI is InChI=1S/C9H17N5O/c1-14-12-8(11-13-14)5-9(7-15)3-2-4-10-6-9/h10,15H,2-7H2,1H3. The first-order valence-corrected chi connectivity index (χ1v) is 5.29. The first kappa shape index (κ1) is 10.5. The number of nitrogens with one attached hydrogen (secondary N) is 1. The van der Waals surface area contributed by atoms with Crippen LogP contribution in [-0.4, -0.2) is 45.0 Å². The average Bonchev–Trinajstić information content (AvgIpc) is 2.65. The van der Waals surface area contributed by atoms with E-state index < -0.39 is 0 Å². The number of aliphatic hydroxyl groups is 1. The predicted octanol–water partition coefficient (Wildman–Crippen LogP) is -0.885. The predicted molar refractivity (Wildman–Crippen MR) is 54.1 cm³/mol. The Kier molecular flexibility index (Phi) is 2.97. The van der Waals surface area contributed by atoms with Crippen molar-refractivity contribution in [3.05, 3.63) is 5.82 Å². The molecule has 0 aliphatic carbocycles. The van der Waals surface area contributed by atoms with Crippen molar-refractivity contribution in [2.24, 2.45) is 12.5 Å². The van der Waals surface area contributed by atoms with E-state index in [1.165, 1.54) is 4.80 Å². The summed E-state index contributed by atoms with van der Waals surface area (Å²) < 4.78 is 0. The van der Waals surface area contributed by atoms with E-state index in [1.807, 2.05) is 0 Å². The van der Waals surface area contributed by atoms with Crippen LogP contribution in [0.15, 0.2) is 0 Å². The van der Waals surface area contributed by atoms with Gasteiger partial charge in [0.25, 0.3) is 0 Å². The molecule has 6 nitrogen and oxygen atoms in total. The lowest BCUT2D eigenvalue weighted by Crippen LogP contribution is -2.44. The number of aryl methyl sites for hydroxylation is 1. The van der Waals surface area contributed by atoms with Gasteiger partial charge in [-0.25, -0.2) is 0 Å². The van der Waals surface area contributed by atoms with Crippen molar-refractivity contribution in [2.75, 3.05) is 19.7 Å². The van der Waals surface area contributed by atoms with Gasteiger partial charge in [-0.1, -0.05) is 0 Å². The van der Waals surface area contributed by atoms with E-state index in [1.54, 1.807) is 7.05 Å². The number of nitrogens with zero attached hydrogens (tertiary/aromatic N) is 4. The lowest BCUT2D eigenvalue weighted by Gasteiger charge is -2.35. The molecule has 1 aromatic heterocycles. The summed E-state index contributed by atoms with van der Waals surface area (Å²) in [5.41, 5.74) is -0.0959. The number of aromatic nitrogens is 4. The lowest BCUT2D eigenvalue weighted by atomic mass is 9.78. The fourth-order valence-corrected chi connectivity index (χ4v) is 2.10. The third kappa shape index (κ3) is 2.32. The minimum Gasteiger partial charge on any atom is -0.396 e. The first-order valence-electron chi connectivity index (χ1n) is 5.29. The van der Waals surface area contributed by atoms with Gasteiger partial charge in [0.05, 0.1) is 13.7 Å². The van der Waals surface area contributed by atoms with Gasteiger partial charge in [0, 0.05) is 18.4 Å². The molecule has 2 heterocycles. The Morgan fingerprint density at radius 2 is 2.47 bits per heavy atom. The second-order valence-corrected chi connectivity index (χ2v) is 4.31. The summed E-state index contributed by atoms with van der Waals surface area (Å²) in [5.74, 6) is 0.718. The number of rotatable bonds is 3. The minimum absolute atomic E-state index is 0.0959. The Balaban J connectivity index is 2.06. The quantitative estimate of drug-likeness (QED) is 0.678. The topological polar surface area (TPSA) is 75.9 Å². The van der Waals surface area contributed by atoms with Gasteiger partial charge < -0.3 is 10.4 Å². The van der Waals surface area contributed by atoms with Crippen LogP contribution in [0.1, 0.15) is 18.7 Å². The van der Waals surface area contributed by atoms with Crippen molar-refractivity contribution in [1.82, 2.24) is 25.5 Å². The molecule has 0 spiro atoms. The maximum atomic E-state index is 9.49. The van der Waals surface area contributed by atoms with Crippen molar-refractivity contribution in [3.63, 3.8) is 0 Å². The van der Waals surface area contributed by atoms with Gasteiger partial charge in [-0.05, 0) is 24.6 Å². The normalized spacial score (nSPS) is 26.8. The molecule has 84 valence electrons. The summed E-state index contributed by atoms with van der Waals surface area (Å²) in [4.78, 5) is 1.46. The molecule has 15 heavy (non-hydrogen) atoms. The van der Waals surface area contributed by atoms with Gasteiger partial charge in [-0.3, -0.25) is 0 Å². The molecular formula is C9H17N5O. The molecule has 1 aromatic rings. The Morgan fingerprint density at radius 1 is 1.60 bits per heavy atom. The van der Waals surface area contributed by atoms with Gasteiger partial charge >= 0.3 is 0 Å². The van der Waals surface area contributed by atoms with Crippen molar-refractivity contribution in [2.45, 2.75) is 19.3 Å². The highest BCUT2D eigenvalue weighted by atomic mass is 16.3. The first-order chi connectivity index (χ1) is 7.24. The van der Waals surface area contributed by atoms with E-state index in [2.05, 4.69) is 20.7 Å². The van der Waals surface area contributed by atoms with E-state index in [4.69, 9.17) is 0 Å². The lowest BCUT2D eigenvalue weighted by molar-refractivity contribution is 0.0927. The van der Waals surface area contributed by atoms with Crippen LogP contribution < -0.4 is 5.32 Å². The third-order valence-corrected chi connectivity index (χ3v) is 2.98. The molecular weight excluding hydrogens is 194 g/mol. The number of piperidine rings is 1. The third-order valence-electron chi connectivity index (χ3n) is 2.98. The van der Waals surface area contributed by atoms with Crippen LogP contribution in [-0.2, 0) is 13.5 Å². The fraction of sp³-hybridized carbons (Fsp3) is 0.889. The monoisotopic (exact) mass is 211 g/mol. The summed E-state index contributed by atoms with van der Waals surface area (Å²) in [7, 11) is 1.75. The van der Waals surface area contributed by atoms with Crippen LogP contribution >= 0.6 is 0 Å². The Morgan fingerprint density at radius 3 is 3.00 bits per heavy atom. The van der Waals surface area contributed by atoms with E-state index in [0.717, 1.165) is 31.8 Å². The second-order valence-electron chi connectivity index (χ2n) is 4.31. The number of hydrogen-bond acceptors (Lipinski definition) is 5. The van der Waals surface area contributed by atoms with Gasteiger partial charge in [0.1, 0.15) is 0 Å². The smallest absolute Gasteiger partial charge is 0.175 e. The van der Waals surface area contributed by atoms with Gasteiger partial charge in [-0.15, -0.1) is 10.2 Å². The highest BCUT2D eigenvalue weighted by Gasteiger charge is 2.33. The van der Waals surface area contributed by atoms with Crippen LogP contribution in [0.2, 0.25) is 0 Å². The fourth-order valence-electron chi connectivity index (χ4n) is 2.10. The maximum Gasteiger partial charge on any atom is 0.175 e. The van der Waals surface area contributed by atoms with Crippen molar-refractivity contribution in [3.8, 4) is 0 Å². The molecule has 1 saturated heterocycles. The largest absolute Gasteiger partial charge is 0.396 e. The summed E-state index contributed by atoms with van der Waals surface area (Å²) in [5, 5.41) is 24.7. The van der Waals surface area contributed by atoms with Crippen molar-refractivity contribution >= 4 is 0 Å². The Hall–Kier alpha value is -1.01. The summed E-state index contributed by atoms with van der Waals surface area (Å²) in [6.45, 7) is 2.05. The average molecular weight is 211 g/mol.